The highest BCUT2D eigenvalue weighted by molar-refractivity contribution is 5.74. The molecule has 1 heterocycles. The Bertz CT molecular complexity index is 659. The molecule has 1 atom stereocenters. The Hall–Kier alpha value is -1.80. The molecule has 1 saturated heterocycles. The molecule has 2 nitrogen and oxygen atoms in total. The fraction of sp³-hybridized carbons (Fsp3) is 0.478. The van der Waals surface area contributed by atoms with Crippen LogP contribution in [0.1, 0.15) is 31.7 Å². The monoisotopic (exact) mass is 337 g/mol. The van der Waals surface area contributed by atoms with Crippen molar-refractivity contribution in [1.82, 2.24) is 0 Å². The minimum absolute atomic E-state index is 0.671. The van der Waals surface area contributed by atoms with Crippen LogP contribution in [0.5, 0.6) is 0 Å². The topological polar surface area (TPSA) is 12.5 Å². The SMILES string of the molecule is COCC(C)CC1CCN(c2cccc(-c3ccccc3)c2C)CC1. The minimum Gasteiger partial charge on any atom is -0.384 e. The average molecular weight is 338 g/mol. The second-order valence-corrected chi connectivity index (χ2v) is 7.54. The number of nitrogens with zero attached hydrogens (tertiary/aromatic N) is 1. The first-order valence-corrected chi connectivity index (χ1v) is 9.58. The molecule has 134 valence electrons. The molecule has 1 aliphatic heterocycles. The van der Waals surface area contributed by atoms with Gasteiger partial charge in [-0.05, 0) is 60.8 Å². The fourth-order valence-electron chi connectivity index (χ4n) is 4.23. The maximum absolute atomic E-state index is 5.30. The molecule has 1 aliphatic rings. The van der Waals surface area contributed by atoms with Crippen molar-refractivity contribution in [3.63, 3.8) is 0 Å². The van der Waals surface area contributed by atoms with Crippen LogP contribution in [-0.4, -0.2) is 26.8 Å². The smallest absolute Gasteiger partial charge is 0.0487 e. The second kappa shape index (κ2) is 8.53. The second-order valence-electron chi connectivity index (χ2n) is 7.54. The molecule has 2 aromatic carbocycles. The molecule has 0 radical (unpaired) electrons. The van der Waals surface area contributed by atoms with Crippen molar-refractivity contribution in [2.75, 3.05) is 31.7 Å². The van der Waals surface area contributed by atoms with Gasteiger partial charge in [0.2, 0.25) is 0 Å². The molecule has 25 heavy (non-hydrogen) atoms. The van der Waals surface area contributed by atoms with Crippen molar-refractivity contribution in [2.24, 2.45) is 11.8 Å². The van der Waals surface area contributed by atoms with Crippen LogP contribution >= 0.6 is 0 Å². The van der Waals surface area contributed by atoms with Crippen LogP contribution in [-0.2, 0) is 4.74 Å². The van der Waals surface area contributed by atoms with Crippen molar-refractivity contribution in [2.45, 2.75) is 33.1 Å². The first-order valence-electron chi connectivity index (χ1n) is 9.58. The number of anilines is 1. The highest BCUT2D eigenvalue weighted by Crippen LogP contribution is 2.33. The predicted molar refractivity (Wildman–Crippen MR) is 107 cm³/mol. The van der Waals surface area contributed by atoms with Crippen molar-refractivity contribution >= 4 is 5.69 Å². The summed E-state index contributed by atoms with van der Waals surface area (Å²) in [5.41, 5.74) is 5.48. The Kier molecular flexibility index (Phi) is 6.14. The van der Waals surface area contributed by atoms with Gasteiger partial charge in [0.15, 0.2) is 0 Å². The molecule has 3 rings (SSSR count). The third-order valence-corrected chi connectivity index (χ3v) is 5.53. The van der Waals surface area contributed by atoms with E-state index in [1.807, 2.05) is 7.11 Å². The van der Waals surface area contributed by atoms with Gasteiger partial charge >= 0.3 is 0 Å². The van der Waals surface area contributed by atoms with Gasteiger partial charge in [-0.15, -0.1) is 0 Å². The Morgan fingerprint density at radius 2 is 1.76 bits per heavy atom. The predicted octanol–water partition coefficient (Wildman–Crippen LogP) is 5.55. The quantitative estimate of drug-likeness (QED) is 0.685. The summed E-state index contributed by atoms with van der Waals surface area (Å²) in [6, 6.07) is 17.5. The Morgan fingerprint density at radius 3 is 2.44 bits per heavy atom. The van der Waals surface area contributed by atoms with Crippen LogP contribution in [0, 0.1) is 18.8 Å². The highest BCUT2D eigenvalue weighted by atomic mass is 16.5. The van der Waals surface area contributed by atoms with Gasteiger partial charge in [-0.25, -0.2) is 0 Å². The maximum atomic E-state index is 5.30. The largest absolute Gasteiger partial charge is 0.384 e. The number of hydrogen-bond acceptors (Lipinski definition) is 2. The highest BCUT2D eigenvalue weighted by Gasteiger charge is 2.22. The molecule has 1 unspecified atom stereocenters. The molecule has 2 heteroatoms. The third kappa shape index (κ3) is 4.43. The molecule has 0 aliphatic carbocycles. The van der Waals surface area contributed by atoms with Gasteiger partial charge in [-0.3, -0.25) is 0 Å². The van der Waals surface area contributed by atoms with E-state index in [1.54, 1.807) is 0 Å². The molecule has 0 spiro atoms. The van der Waals surface area contributed by atoms with Gasteiger partial charge in [-0.2, -0.15) is 0 Å². The normalized spacial score (nSPS) is 16.8. The molecular formula is C23H31NO. The lowest BCUT2D eigenvalue weighted by Gasteiger charge is -2.35. The van der Waals surface area contributed by atoms with Crippen LogP contribution in [0.25, 0.3) is 11.1 Å². The van der Waals surface area contributed by atoms with Crippen LogP contribution in [0.4, 0.5) is 5.69 Å². The van der Waals surface area contributed by atoms with Gasteiger partial charge in [-0.1, -0.05) is 49.4 Å². The summed E-state index contributed by atoms with van der Waals surface area (Å²) in [4.78, 5) is 2.58. The van der Waals surface area contributed by atoms with E-state index in [-0.39, 0.29) is 0 Å². The molecule has 2 aromatic rings. The number of rotatable bonds is 6. The zero-order chi connectivity index (χ0) is 17.6. The van der Waals surface area contributed by atoms with Gasteiger partial charge in [0.25, 0.3) is 0 Å². The lowest BCUT2D eigenvalue weighted by Crippen LogP contribution is -2.34. The standard InChI is InChI=1S/C23H31NO/c1-18(17-25-3)16-20-12-14-24(15-13-20)23-11-7-10-22(19(23)2)21-8-5-4-6-9-21/h4-11,18,20H,12-17H2,1-3H3. The van der Waals surface area contributed by atoms with Crippen LogP contribution < -0.4 is 4.90 Å². The van der Waals surface area contributed by atoms with E-state index in [4.69, 9.17) is 4.74 Å². The van der Waals surface area contributed by atoms with Crippen molar-refractivity contribution in [1.29, 1.82) is 0 Å². The number of methoxy groups -OCH3 is 1. The zero-order valence-corrected chi connectivity index (χ0v) is 15.9. The van der Waals surface area contributed by atoms with Crippen LogP contribution in [0.15, 0.2) is 48.5 Å². The average Bonchev–Trinajstić information content (AvgIpc) is 2.64. The first kappa shape index (κ1) is 18.0. The Labute approximate surface area is 152 Å². The Morgan fingerprint density at radius 1 is 1.04 bits per heavy atom. The zero-order valence-electron chi connectivity index (χ0n) is 15.9. The third-order valence-electron chi connectivity index (χ3n) is 5.53. The van der Waals surface area contributed by atoms with Gasteiger partial charge in [0.05, 0.1) is 0 Å². The van der Waals surface area contributed by atoms with Crippen molar-refractivity contribution in [3.05, 3.63) is 54.1 Å². The van der Waals surface area contributed by atoms with Crippen LogP contribution in [0.2, 0.25) is 0 Å². The lowest BCUT2D eigenvalue weighted by molar-refractivity contribution is 0.142. The lowest BCUT2D eigenvalue weighted by atomic mass is 9.87. The molecular weight excluding hydrogens is 306 g/mol. The van der Waals surface area contributed by atoms with Crippen molar-refractivity contribution < 1.29 is 4.74 Å². The van der Waals surface area contributed by atoms with Gasteiger partial charge in [0.1, 0.15) is 0 Å². The van der Waals surface area contributed by atoms with E-state index in [0.717, 1.165) is 12.5 Å². The maximum Gasteiger partial charge on any atom is 0.0487 e. The van der Waals surface area contributed by atoms with E-state index in [2.05, 4.69) is 67.3 Å². The molecule has 0 aromatic heterocycles. The Balaban J connectivity index is 1.68. The summed E-state index contributed by atoms with van der Waals surface area (Å²) in [6.07, 6.45) is 3.89. The summed E-state index contributed by atoms with van der Waals surface area (Å²) in [5.74, 6) is 1.52. The summed E-state index contributed by atoms with van der Waals surface area (Å²) < 4.78 is 5.30. The molecule has 0 N–H and O–H groups in total. The molecule has 0 saturated carbocycles. The first-order chi connectivity index (χ1) is 12.2. The molecule has 0 bridgehead atoms. The number of hydrogen-bond donors (Lipinski definition) is 0. The van der Waals surface area contributed by atoms with E-state index in [0.29, 0.717) is 5.92 Å². The number of benzene rings is 2. The van der Waals surface area contributed by atoms with E-state index in [1.165, 1.54) is 54.7 Å². The summed E-state index contributed by atoms with van der Waals surface area (Å²) in [5, 5.41) is 0. The van der Waals surface area contributed by atoms with E-state index >= 15 is 0 Å². The molecule has 1 fully saturated rings. The van der Waals surface area contributed by atoms with Crippen molar-refractivity contribution in [3.8, 4) is 11.1 Å². The van der Waals surface area contributed by atoms with Gasteiger partial charge < -0.3 is 9.64 Å². The molecule has 0 amide bonds. The van der Waals surface area contributed by atoms with E-state index < -0.39 is 0 Å². The minimum atomic E-state index is 0.671. The number of ether oxygens (including phenoxy) is 1. The summed E-state index contributed by atoms with van der Waals surface area (Å²) in [6.45, 7) is 7.80. The van der Waals surface area contributed by atoms with Gasteiger partial charge in [0, 0.05) is 32.5 Å². The summed E-state index contributed by atoms with van der Waals surface area (Å²) in [7, 11) is 1.81. The summed E-state index contributed by atoms with van der Waals surface area (Å²) >= 11 is 0. The number of piperidine rings is 1. The van der Waals surface area contributed by atoms with E-state index in [9.17, 15) is 0 Å². The van der Waals surface area contributed by atoms with Crippen LogP contribution in [0.3, 0.4) is 0 Å². The fourth-order valence-corrected chi connectivity index (χ4v) is 4.23.